The molecule has 1 aromatic rings. The van der Waals surface area contributed by atoms with Crippen LogP contribution in [0.4, 0.5) is 0 Å². The molecule has 15 heavy (non-hydrogen) atoms. The second-order valence-corrected chi connectivity index (χ2v) is 5.81. The predicted molar refractivity (Wildman–Crippen MR) is 66.1 cm³/mol. The number of halogens is 1. The van der Waals surface area contributed by atoms with Crippen molar-refractivity contribution >= 4 is 15.9 Å². The first-order valence-corrected chi connectivity index (χ1v) is 6.52. The van der Waals surface area contributed by atoms with E-state index in [1.165, 1.54) is 35.7 Å². The Morgan fingerprint density at radius 1 is 1.33 bits per heavy atom. The molecule has 1 atom stereocenters. The molecule has 0 heterocycles. The second-order valence-electron chi connectivity index (χ2n) is 4.89. The van der Waals surface area contributed by atoms with Crippen LogP contribution < -0.4 is 5.32 Å². The highest BCUT2D eigenvalue weighted by molar-refractivity contribution is 9.10. The van der Waals surface area contributed by atoms with Crippen LogP contribution in [0.5, 0.6) is 0 Å². The monoisotopic (exact) mass is 265 g/mol. The van der Waals surface area contributed by atoms with Crippen LogP contribution in [0.15, 0.2) is 22.7 Å². The molecular formula is C13H16BrN. The molecule has 2 aliphatic rings. The average molecular weight is 266 g/mol. The van der Waals surface area contributed by atoms with E-state index in [0.717, 1.165) is 0 Å². The van der Waals surface area contributed by atoms with Gasteiger partial charge < -0.3 is 5.32 Å². The molecule has 1 spiro atoms. The summed E-state index contributed by atoms with van der Waals surface area (Å²) in [6, 6.07) is 7.37. The Hall–Kier alpha value is -0.340. The van der Waals surface area contributed by atoms with Crippen molar-refractivity contribution in [2.45, 2.75) is 37.1 Å². The van der Waals surface area contributed by atoms with Gasteiger partial charge in [0.1, 0.15) is 0 Å². The average Bonchev–Trinajstić information content (AvgIpc) is 3.01. The van der Waals surface area contributed by atoms with Gasteiger partial charge in [-0.05, 0) is 61.4 Å². The maximum absolute atomic E-state index is 3.59. The Bertz CT molecular complexity index is 396. The Balaban J connectivity index is 2.12. The van der Waals surface area contributed by atoms with Crippen molar-refractivity contribution < 1.29 is 0 Å². The van der Waals surface area contributed by atoms with Gasteiger partial charge in [-0.1, -0.05) is 22.0 Å². The van der Waals surface area contributed by atoms with E-state index in [1.807, 2.05) is 0 Å². The number of fused-ring (bicyclic) bond motifs is 2. The SMILES string of the molecule is CNC1CCC2(CC2)c2cc(Br)ccc21. The van der Waals surface area contributed by atoms with Crippen LogP contribution in [0, 0.1) is 0 Å². The van der Waals surface area contributed by atoms with Gasteiger partial charge in [0, 0.05) is 10.5 Å². The molecule has 1 saturated carbocycles. The summed E-state index contributed by atoms with van der Waals surface area (Å²) in [6.07, 6.45) is 5.45. The van der Waals surface area contributed by atoms with Crippen LogP contribution in [0.3, 0.4) is 0 Å². The van der Waals surface area contributed by atoms with E-state index in [1.54, 1.807) is 5.56 Å². The summed E-state index contributed by atoms with van der Waals surface area (Å²) >= 11 is 3.59. The topological polar surface area (TPSA) is 12.0 Å². The summed E-state index contributed by atoms with van der Waals surface area (Å²) in [7, 11) is 2.07. The highest BCUT2D eigenvalue weighted by atomic mass is 79.9. The molecule has 0 bridgehead atoms. The quantitative estimate of drug-likeness (QED) is 0.819. The van der Waals surface area contributed by atoms with Crippen LogP contribution in [-0.2, 0) is 5.41 Å². The third kappa shape index (κ3) is 1.46. The minimum Gasteiger partial charge on any atom is -0.313 e. The highest BCUT2D eigenvalue weighted by Gasteiger charge is 2.48. The minimum absolute atomic E-state index is 0.562. The van der Waals surface area contributed by atoms with Crippen LogP contribution in [-0.4, -0.2) is 7.05 Å². The fourth-order valence-electron chi connectivity index (χ4n) is 2.97. The minimum atomic E-state index is 0.562. The van der Waals surface area contributed by atoms with E-state index < -0.39 is 0 Å². The standard InChI is InChI=1S/C13H16BrN/c1-15-12-4-5-13(6-7-13)11-8-9(14)2-3-10(11)12/h2-3,8,12,15H,4-7H2,1H3. The molecule has 2 heteroatoms. The molecule has 80 valence electrons. The first-order valence-electron chi connectivity index (χ1n) is 5.72. The lowest BCUT2D eigenvalue weighted by Gasteiger charge is -2.31. The van der Waals surface area contributed by atoms with E-state index >= 15 is 0 Å². The van der Waals surface area contributed by atoms with E-state index in [9.17, 15) is 0 Å². The van der Waals surface area contributed by atoms with Crippen LogP contribution >= 0.6 is 15.9 Å². The van der Waals surface area contributed by atoms with Crippen molar-refractivity contribution in [2.75, 3.05) is 7.05 Å². The van der Waals surface area contributed by atoms with E-state index in [-0.39, 0.29) is 0 Å². The van der Waals surface area contributed by atoms with Crippen molar-refractivity contribution in [3.8, 4) is 0 Å². The second kappa shape index (κ2) is 3.33. The van der Waals surface area contributed by atoms with Gasteiger partial charge >= 0.3 is 0 Å². The van der Waals surface area contributed by atoms with Crippen molar-refractivity contribution in [2.24, 2.45) is 0 Å². The lowest BCUT2D eigenvalue weighted by atomic mass is 9.78. The number of benzene rings is 1. The molecule has 1 N–H and O–H groups in total. The zero-order valence-electron chi connectivity index (χ0n) is 9.02. The Morgan fingerprint density at radius 2 is 2.13 bits per heavy atom. The van der Waals surface area contributed by atoms with E-state index in [4.69, 9.17) is 0 Å². The van der Waals surface area contributed by atoms with Crippen LogP contribution in [0.1, 0.15) is 42.9 Å². The van der Waals surface area contributed by atoms with Gasteiger partial charge in [0.05, 0.1) is 0 Å². The first-order chi connectivity index (χ1) is 7.25. The Labute approximate surface area is 99.4 Å². The van der Waals surface area contributed by atoms with Gasteiger partial charge in [0.25, 0.3) is 0 Å². The Morgan fingerprint density at radius 3 is 2.80 bits per heavy atom. The van der Waals surface area contributed by atoms with Gasteiger partial charge in [0.15, 0.2) is 0 Å². The van der Waals surface area contributed by atoms with Gasteiger partial charge in [-0.25, -0.2) is 0 Å². The predicted octanol–water partition coefficient (Wildman–Crippen LogP) is 3.54. The normalized spacial score (nSPS) is 26.4. The third-order valence-electron chi connectivity index (χ3n) is 4.08. The lowest BCUT2D eigenvalue weighted by Crippen LogP contribution is -2.26. The molecule has 2 aliphatic carbocycles. The molecular weight excluding hydrogens is 250 g/mol. The molecule has 0 radical (unpaired) electrons. The number of hydrogen-bond donors (Lipinski definition) is 1. The smallest absolute Gasteiger partial charge is 0.0320 e. The first kappa shape index (κ1) is 9.86. The lowest BCUT2D eigenvalue weighted by molar-refractivity contribution is 0.434. The molecule has 0 aliphatic heterocycles. The zero-order chi connectivity index (χ0) is 10.5. The van der Waals surface area contributed by atoms with Crippen molar-refractivity contribution in [1.29, 1.82) is 0 Å². The molecule has 1 fully saturated rings. The summed E-state index contributed by atoms with van der Waals surface area (Å²) in [5, 5.41) is 3.43. The highest BCUT2D eigenvalue weighted by Crippen LogP contribution is 2.57. The summed E-state index contributed by atoms with van der Waals surface area (Å²) in [6.45, 7) is 0. The maximum Gasteiger partial charge on any atom is 0.0320 e. The van der Waals surface area contributed by atoms with Crippen LogP contribution in [0.25, 0.3) is 0 Å². The van der Waals surface area contributed by atoms with Gasteiger partial charge in [-0.15, -0.1) is 0 Å². The van der Waals surface area contributed by atoms with Crippen molar-refractivity contribution in [3.63, 3.8) is 0 Å². The fourth-order valence-corrected chi connectivity index (χ4v) is 3.33. The molecule has 1 unspecified atom stereocenters. The van der Waals surface area contributed by atoms with Gasteiger partial charge in [-0.3, -0.25) is 0 Å². The van der Waals surface area contributed by atoms with Crippen molar-refractivity contribution in [3.05, 3.63) is 33.8 Å². The summed E-state index contributed by atoms with van der Waals surface area (Å²) in [5.41, 5.74) is 3.69. The zero-order valence-corrected chi connectivity index (χ0v) is 10.6. The summed E-state index contributed by atoms with van der Waals surface area (Å²) in [5.74, 6) is 0. The molecule has 3 rings (SSSR count). The third-order valence-corrected chi connectivity index (χ3v) is 4.57. The molecule has 0 amide bonds. The maximum atomic E-state index is 3.59. The van der Waals surface area contributed by atoms with Gasteiger partial charge in [0.2, 0.25) is 0 Å². The summed E-state index contributed by atoms with van der Waals surface area (Å²) in [4.78, 5) is 0. The molecule has 0 saturated heterocycles. The molecule has 1 nitrogen and oxygen atoms in total. The number of rotatable bonds is 1. The van der Waals surface area contributed by atoms with Gasteiger partial charge in [-0.2, -0.15) is 0 Å². The van der Waals surface area contributed by atoms with Crippen LogP contribution in [0.2, 0.25) is 0 Å². The van der Waals surface area contributed by atoms with E-state index in [2.05, 4.69) is 46.5 Å². The molecule has 0 aromatic heterocycles. The van der Waals surface area contributed by atoms with E-state index in [0.29, 0.717) is 11.5 Å². The fraction of sp³-hybridized carbons (Fsp3) is 0.538. The number of nitrogens with one attached hydrogen (secondary N) is 1. The van der Waals surface area contributed by atoms with Crippen molar-refractivity contribution in [1.82, 2.24) is 5.32 Å². The molecule has 1 aromatic carbocycles. The summed E-state index contributed by atoms with van der Waals surface area (Å²) < 4.78 is 1.23. The largest absolute Gasteiger partial charge is 0.313 e. The number of hydrogen-bond acceptors (Lipinski definition) is 1. The Kier molecular flexibility index (Phi) is 2.18.